The molecule has 0 N–H and O–H groups in total. The van der Waals surface area contributed by atoms with Crippen molar-refractivity contribution < 1.29 is 9.53 Å². The first-order chi connectivity index (χ1) is 5.83. The molecule has 0 aliphatic carbocycles. The van der Waals surface area contributed by atoms with Crippen molar-refractivity contribution in [3.05, 3.63) is 30.3 Å². The molecule has 0 saturated heterocycles. The molecule has 0 fully saturated rings. The topological polar surface area (TPSA) is 26.3 Å². The summed E-state index contributed by atoms with van der Waals surface area (Å²) in [6.45, 7) is 1.95. The first-order valence-electron chi connectivity index (χ1n) is 4.08. The Kier molecular flexibility index (Phi) is 7.33. The molecule has 13 heavy (non-hydrogen) atoms. The molecule has 3 heteroatoms. The zero-order chi connectivity index (χ0) is 8.81. The normalized spacial score (nSPS) is 8.69. The molecule has 1 aromatic rings. The predicted molar refractivity (Wildman–Crippen MR) is 52.7 cm³/mol. The Hall–Kier alpha value is -0.0503. The zero-order valence-corrected chi connectivity index (χ0v) is 10.0. The van der Waals surface area contributed by atoms with Crippen LogP contribution in [0.4, 0.5) is 0 Å². The summed E-state index contributed by atoms with van der Waals surface area (Å²) in [4.78, 5) is 11.0. The summed E-state index contributed by atoms with van der Waals surface area (Å²) >= 11 is 0. The second kappa shape index (κ2) is 7.36. The van der Waals surface area contributed by atoms with Crippen molar-refractivity contribution in [1.29, 1.82) is 0 Å². The minimum absolute atomic E-state index is 0. The van der Waals surface area contributed by atoms with Crippen LogP contribution in [0.5, 0.6) is 5.75 Å². The molecule has 66 valence electrons. The molecule has 0 aliphatic rings. The van der Waals surface area contributed by atoms with E-state index in [1.54, 1.807) is 12.1 Å². The first-order valence-corrected chi connectivity index (χ1v) is 4.08. The summed E-state index contributed by atoms with van der Waals surface area (Å²) in [6.07, 6.45) is 1.31. The van der Waals surface area contributed by atoms with Crippen LogP contribution >= 0.6 is 0 Å². The standard InChI is InChI=1S/C10H12O2.Ca/c1-2-6-10(11)12-9-7-4-3-5-8-9;/h3-5,7-8H,2,6H2,1H3;. The Morgan fingerprint density at radius 1 is 1.31 bits per heavy atom. The van der Waals surface area contributed by atoms with Crippen molar-refractivity contribution in [3.8, 4) is 5.75 Å². The average Bonchev–Trinajstić information content (AvgIpc) is 2.06. The Balaban J connectivity index is 0.00000144. The number of para-hydroxylation sites is 1. The molecule has 0 amide bonds. The second-order valence-electron chi connectivity index (χ2n) is 2.54. The van der Waals surface area contributed by atoms with Gasteiger partial charge in [-0.2, -0.15) is 0 Å². The van der Waals surface area contributed by atoms with Crippen LogP contribution in [0.25, 0.3) is 0 Å². The summed E-state index contributed by atoms with van der Waals surface area (Å²) in [5.74, 6) is 0.458. The van der Waals surface area contributed by atoms with E-state index in [9.17, 15) is 4.79 Å². The van der Waals surface area contributed by atoms with Gasteiger partial charge in [0.15, 0.2) is 0 Å². The number of hydrogen-bond donors (Lipinski definition) is 0. The number of hydrogen-bond acceptors (Lipinski definition) is 2. The molecular formula is C10H12CaO2. The SMILES string of the molecule is CCCC(=O)Oc1ccccc1.[Ca]. The van der Waals surface area contributed by atoms with Crippen LogP contribution in [0.1, 0.15) is 19.8 Å². The molecule has 0 aromatic heterocycles. The van der Waals surface area contributed by atoms with E-state index in [0.29, 0.717) is 12.2 Å². The Morgan fingerprint density at radius 2 is 1.92 bits per heavy atom. The third-order valence-corrected chi connectivity index (χ3v) is 1.43. The number of esters is 1. The van der Waals surface area contributed by atoms with Crippen LogP contribution in [0.2, 0.25) is 0 Å². The van der Waals surface area contributed by atoms with Gasteiger partial charge in [-0.15, -0.1) is 0 Å². The van der Waals surface area contributed by atoms with Crippen molar-refractivity contribution >= 4 is 43.7 Å². The van der Waals surface area contributed by atoms with E-state index in [4.69, 9.17) is 4.74 Å². The van der Waals surface area contributed by atoms with Gasteiger partial charge in [0.05, 0.1) is 0 Å². The van der Waals surface area contributed by atoms with Gasteiger partial charge < -0.3 is 4.74 Å². The molecule has 2 radical (unpaired) electrons. The van der Waals surface area contributed by atoms with Gasteiger partial charge in [-0.1, -0.05) is 25.1 Å². The summed E-state index contributed by atoms with van der Waals surface area (Å²) in [7, 11) is 0. The van der Waals surface area contributed by atoms with E-state index >= 15 is 0 Å². The smallest absolute Gasteiger partial charge is 0.311 e. The number of benzene rings is 1. The molecule has 0 bridgehead atoms. The van der Waals surface area contributed by atoms with Crippen LogP contribution in [0.15, 0.2) is 30.3 Å². The van der Waals surface area contributed by atoms with E-state index in [2.05, 4.69) is 0 Å². The molecule has 0 spiro atoms. The summed E-state index contributed by atoms with van der Waals surface area (Å²) in [6, 6.07) is 9.11. The molecular weight excluding hydrogens is 192 g/mol. The van der Waals surface area contributed by atoms with Crippen LogP contribution in [-0.2, 0) is 4.79 Å². The fourth-order valence-corrected chi connectivity index (χ4v) is 0.875. The average molecular weight is 204 g/mol. The molecule has 1 aromatic carbocycles. The molecule has 0 aliphatic heterocycles. The maximum absolute atomic E-state index is 11.0. The fraction of sp³-hybridized carbons (Fsp3) is 0.300. The van der Waals surface area contributed by atoms with Crippen molar-refractivity contribution in [2.45, 2.75) is 19.8 Å². The largest absolute Gasteiger partial charge is 0.427 e. The Bertz CT molecular complexity index is 246. The molecule has 2 nitrogen and oxygen atoms in total. The summed E-state index contributed by atoms with van der Waals surface area (Å²) in [5.41, 5.74) is 0. The van der Waals surface area contributed by atoms with Crippen molar-refractivity contribution in [2.24, 2.45) is 0 Å². The second-order valence-corrected chi connectivity index (χ2v) is 2.54. The van der Waals surface area contributed by atoms with E-state index in [0.717, 1.165) is 6.42 Å². The van der Waals surface area contributed by atoms with Gasteiger partial charge in [0.1, 0.15) is 5.75 Å². The van der Waals surface area contributed by atoms with E-state index < -0.39 is 0 Å². The van der Waals surface area contributed by atoms with Crippen LogP contribution in [0, 0.1) is 0 Å². The molecule has 0 unspecified atom stereocenters. The van der Waals surface area contributed by atoms with Gasteiger partial charge >= 0.3 is 5.97 Å². The van der Waals surface area contributed by atoms with Crippen LogP contribution in [0.3, 0.4) is 0 Å². The molecule has 0 heterocycles. The molecule has 1 rings (SSSR count). The van der Waals surface area contributed by atoms with Crippen molar-refractivity contribution in [3.63, 3.8) is 0 Å². The minimum atomic E-state index is -0.163. The summed E-state index contributed by atoms with van der Waals surface area (Å²) < 4.78 is 5.02. The number of carbonyl (C=O) groups excluding carboxylic acids is 1. The van der Waals surface area contributed by atoms with Gasteiger partial charge in [-0.25, -0.2) is 0 Å². The number of carbonyl (C=O) groups is 1. The van der Waals surface area contributed by atoms with Gasteiger partial charge in [-0.3, -0.25) is 4.79 Å². The predicted octanol–water partition coefficient (Wildman–Crippen LogP) is 2.01. The van der Waals surface area contributed by atoms with E-state index in [1.165, 1.54) is 0 Å². The maximum Gasteiger partial charge on any atom is 0.311 e. The van der Waals surface area contributed by atoms with Crippen molar-refractivity contribution in [2.75, 3.05) is 0 Å². The maximum atomic E-state index is 11.0. The molecule has 0 atom stereocenters. The van der Waals surface area contributed by atoms with Gasteiger partial charge in [0.2, 0.25) is 0 Å². The van der Waals surface area contributed by atoms with E-state index in [-0.39, 0.29) is 43.7 Å². The van der Waals surface area contributed by atoms with Gasteiger partial charge in [0, 0.05) is 44.2 Å². The minimum Gasteiger partial charge on any atom is -0.427 e. The third kappa shape index (κ3) is 5.29. The van der Waals surface area contributed by atoms with Gasteiger partial charge in [-0.05, 0) is 18.6 Å². The number of rotatable bonds is 3. The monoisotopic (exact) mass is 204 g/mol. The van der Waals surface area contributed by atoms with Crippen molar-refractivity contribution in [1.82, 2.24) is 0 Å². The number of ether oxygens (including phenoxy) is 1. The first kappa shape index (κ1) is 12.9. The Morgan fingerprint density at radius 3 is 2.46 bits per heavy atom. The van der Waals surface area contributed by atoms with Gasteiger partial charge in [0.25, 0.3) is 0 Å². The van der Waals surface area contributed by atoms with E-state index in [1.807, 2.05) is 25.1 Å². The third-order valence-electron chi connectivity index (χ3n) is 1.43. The zero-order valence-electron chi connectivity index (χ0n) is 7.82. The quantitative estimate of drug-likeness (QED) is 0.428. The fourth-order valence-electron chi connectivity index (χ4n) is 0.875. The Labute approximate surface area is 108 Å². The summed E-state index contributed by atoms with van der Waals surface area (Å²) in [5, 5.41) is 0. The molecule has 0 saturated carbocycles. The van der Waals surface area contributed by atoms with Crippen LogP contribution < -0.4 is 4.74 Å². The van der Waals surface area contributed by atoms with Crippen LogP contribution in [-0.4, -0.2) is 43.7 Å².